The molecule has 1 saturated carbocycles. The van der Waals surface area contributed by atoms with Gasteiger partial charge in [0.2, 0.25) is 11.7 Å². The van der Waals surface area contributed by atoms with Crippen LogP contribution in [0.25, 0.3) is 11.4 Å². The highest BCUT2D eigenvalue weighted by atomic mass is 35.5. The summed E-state index contributed by atoms with van der Waals surface area (Å²) in [6.07, 6.45) is 6.04. The lowest BCUT2D eigenvalue weighted by atomic mass is 9.95. The molecule has 1 aliphatic carbocycles. The highest BCUT2D eigenvalue weighted by molar-refractivity contribution is 6.30. The van der Waals surface area contributed by atoms with Crippen molar-refractivity contribution in [3.63, 3.8) is 0 Å². The van der Waals surface area contributed by atoms with Crippen molar-refractivity contribution >= 4 is 11.6 Å². The van der Waals surface area contributed by atoms with E-state index in [2.05, 4.69) is 15.5 Å². The summed E-state index contributed by atoms with van der Waals surface area (Å²) in [5.41, 5.74) is 0.888. The highest BCUT2D eigenvalue weighted by Crippen LogP contribution is 2.29. The third kappa shape index (κ3) is 3.44. The molecule has 112 valence electrons. The summed E-state index contributed by atoms with van der Waals surface area (Å²) in [5.74, 6) is 2.02. The lowest BCUT2D eigenvalue weighted by molar-refractivity contribution is 0.318. The number of likely N-dealkylation sites (N-methyl/N-ethyl adjacent to an activating group) is 1. The number of rotatable bonds is 5. The summed E-state index contributed by atoms with van der Waals surface area (Å²) in [5, 5.41) is 8.15. The Morgan fingerprint density at radius 2 is 2.19 bits per heavy atom. The van der Waals surface area contributed by atoms with Crippen LogP contribution in [0.3, 0.4) is 0 Å². The maximum Gasteiger partial charge on any atom is 0.228 e. The van der Waals surface area contributed by atoms with E-state index in [0.717, 1.165) is 17.9 Å². The third-order valence-electron chi connectivity index (χ3n) is 4.29. The van der Waals surface area contributed by atoms with Gasteiger partial charge in [-0.15, -0.1) is 0 Å². The molecule has 1 atom stereocenters. The van der Waals surface area contributed by atoms with Crippen molar-refractivity contribution < 1.29 is 4.52 Å². The van der Waals surface area contributed by atoms with Gasteiger partial charge in [-0.1, -0.05) is 41.7 Å². The zero-order valence-electron chi connectivity index (χ0n) is 12.2. The van der Waals surface area contributed by atoms with Crippen LogP contribution in [0.4, 0.5) is 0 Å². The number of aromatic nitrogens is 2. The van der Waals surface area contributed by atoms with Crippen LogP contribution in [-0.2, 0) is 6.42 Å². The van der Waals surface area contributed by atoms with Crippen molar-refractivity contribution in [2.45, 2.75) is 38.1 Å². The standard InChI is InChI=1S/C16H20ClN3O/c1-18-14(11-5-2-3-6-11)10-15-19-16(20-21-15)12-7-4-8-13(17)9-12/h4,7-9,11,14,18H,2-3,5-6,10H2,1H3. The quantitative estimate of drug-likeness (QED) is 0.915. The van der Waals surface area contributed by atoms with Gasteiger partial charge in [0.15, 0.2) is 0 Å². The summed E-state index contributed by atoms with van der Waals surface area (Å²) in [4.78, 5) is 4.50. The van der Waals surface area contributed by atoms with Gasteiger partial charge < -0.3 is 9.84 Å². The van der Waals surface area contributed by atoms with E-state index in [0.29, 0.717) is 22.8 Å². The Hall–Kier alpha value is -1.39. The Kier molecular flexibility index (Phi) is 4.56. The molecule has 0 bridgehead atoms. The van der Waals surface area contributed by atoms with E-state index in [1.165, 1.54) is 25.7 Å². The second kappa shape index (κ2) is 6.58. The van der Waals surface area contributed by atoms with E-state index < -0.39 is 0 Å². The van der Waals surface area contributed by atoms with E-state index in [1.54, 1.807) is 0 Å². The molecule has 0 saturated heterocycles. The van der Waals surface area contributed by atoms with Crippen LogP contribution in [0.1, 0.15) is 31.6 Å². The van der Waals surface area contributed by atoms with Gasteiger partial charge in [0.05, 0.1) is 0 Å². The molecule has 1 N–H and O–H groups in total. The fourth-order valence-electron chi connectivity index (χ4n) is 3.13. The number of nitrogens with one attached hydrogen (secondary N) is 1. The molecule has 0 aliphatic heterocycles. The molecule has 0 spiro atoms. The van der Waals surface area contributed by atoms with Gasteiger partial charge in [-0.05, 0) is 37.9 Å². The number of hydrogen-bond donors (Lipinski definition) is 1. The summed E-state index contributed by atoms with van der Waals surface area (Å²) < 4.78 is 5.41. The molecule has 1 aromatic carbocycles. The van der Waals surface area contributed by atoms with Gasteiger partial charge in [0.1, 0.15) is 0 Å². The summed E-state index contributed by atoms with van der Waals surface area (Å²) in [7, 11) is 2.01. The second-order valence-corrected chi connectivity index (χ2v) is 6.10. The van der Waals surface area contributed by atoms with Gasteiger partial charge in [-0.25, -0.2) is 0 Å². The van der Waals surface area contributed by atoms with Gasteiger partial charge in [-0.3, -0.25) is 0 Å². The van der Waals surface area contributed by atoms with Crippen molar-refractivity contribution in [1.29, 1.82) is 0 Å². The van der Waals surface area contributed by atoms with Crippen LogP contribution in [-0.4, -0.2) is 23.2 Å². The van der Waals surface area contributed by atoms with Crippen LogP contribution < -0.4 is 5.32 Å². The largest absolute Gasteiger partial charge is 0.339 e. The monoisotopic (exact) mass is 305 g/mol. The maximum atomic E-state index is 6.00. The molecule has 21 heavy (non-hydrogen) atoms. The molecule has 5 heteroatoms. The first-order valence-electron chi connectivity index (χ1n) is 7.52. The van der Waals surface area contributed by atoms with Crippen LogP contribution in [0.2, 0.25) is 5.02 Å². The first-order valence-corrected chi connectivity index (χ1v) is 7.90. The summed E-state index contributed by atoms with van der Waals surface area (Å²) in [6, 6.07) is 7.93. The van der Waals surface area contributed by atoms with Gasteiger partial charge in [-0.2, -0.15) is 4.98 Å². The highest BCUT2D eigenvalue weighted by Gasteiger charge is 2.25. The van der Waals surface area contributed by atoms with E-state index in [9.17, 15) is 0 Å². The smallest absolute Gasteiger partial charge is 0.228 e. The zero-order chi connectivity index (χ0) is 14.7. The van der Waals surface area contributed by atoms with Crippen molar-refractivity contribution in [3.05, 3.63) is 35.2 Å². The Morgan fingerprint density at radius 1 is 1.38 bits per heavy atom. The normalized spacial score (nSPS) is 17.2. The average Bonchev–Trinajstić information content (AvgIpc) is 3.16. The minimum atomic E-state index is 0.417. The molecule has 1 heterocycles. The van der Waals surface area contributed by atoms with E-state index >= 15 is 0 Å². The van der Waals surface area contributed by atoms with Crippen molar-refractivity contribution in [3.8, 4) is 11.4 Å². The lowest BCUT2D eigenvalue weighted by Gasteiger charge is -2.20. The first kappa shape index (κ1) is 14.5. The Morgan fingerprint density at radius 3 is 2.90 bits per heavy atom. The van der Waals surface area contributed by atoms with E-state index in [-0.39, 0.29) is 0 Å². The molecule has 1 unspecified atom stereocenters. The average molecular weight is 306 g/mol. The second-order valence-electron chi connectivity index (χ2n) is 5.67. The van der Waals surface area contributed by atoms with Crippen LogP contribution in [0, 0.1) is 5.92 Å². The Balaban J connectivity index is 1.72. The van der Waals surface area contributed by atoms with Gasteiger partial charge in [0.25, 0.3) is 0 Å². The molecule has 0 amide bonds. The number of benzene rings is 1. The Bertz CT molecular complexity index is 593. The van der Waals surface area contributed by atoms with Crippen molar-refractivity contribution in [2.24, 2.45) is 5.92 Å². The third-order valence-corrected chi connectivity index (χ3v) is 4.52. The summed E-state index contributed by atoms with van der Waals surface area (Å²) >= 11 is 6.00. The molecular weight excluding hydrogens is 286 g/mol. The molecule has 0 radical (unpaired) electrons. The topological polar surface area (TPSA) is 51.0 Å². The lowest BCUT2D eigenvalue weighted by Crippen LogP contribution is -2.34. The number of halogens is 1. The SMILES string of the molecule is CNC(Cc1nc(-c2cccc(Cl)c2)no1)C1CCCC1. The van der Waals surface area contributed by atoms with E-state index in [1.807, 2.05) is 31.3 Å². The molecule has 1 fully saturated rings. The fraction of sp³-hybridized carbons (Fsp3) is 0.500. The predicted octanol–water partition coefficient (Wildman–Crippen LogP) is 3.71. The van der Waals surface area contributed by atoms with Crippen molar-refractivity contribution in [1.82, 2.24) is 15.5 Å². The van der Waals surface area contributed by atoms with Crippen LogP contribution in [0.5, 0.6) is 0 Å². The molecule has 1 aliphatic rings. The van der Waals surface area contributed by atoms with Crippen LogP contribution in [0.15, 0.2) is 28.8 Å². The maximum absolute atomic E-state index is 6.00. The van der Waals surface area contributed by atoms with Gasteiger partial charge in [0, 0.05) is 23.0 Å². The molecule has 1 aromatic heterocycles. The minimum absolute atomic E-state index is 0.417. The fourth-order valence-corrected chi connectivity index (χ4v) is 3.33. The number of hydrogen-bond acceptors (Lipinski definition) is 4. The van der Waals surface area contributed by atoms with Crippen LogP contribution >= 0.6 is 11.6 Å². The minimum Gasteiger partial charge on any atom is -0.339 e. The van der Waals surface area contributed by atoms with Gasteiger partial charge >= 0.3 is 0 Å². The molecule has 4 nitrogen and oxygen atoms in total. The zero-order valence-corrected chi connectivity index (χ0v) is 12.9. The Labute approximate surface area is 129 Å². The number of nitrogens with zero attached hydrogens (tertiary/aromatic N) is 2. The first-order chi connectivity index (χ1) is 10.3. The summed E-state index contributed by atoms with van der Waals surface area (Å²) in [6.45, 7) is 0. The molecule has 3 rings (SSSR count). The molecular formula is C16H20ClN3O. The predicted molar refractivity (Wildman–Crippen MR) is 83.3 cm³/mol. The molecule has 2 aromatic rings. The van der Waals surface area contributed by atoms with E-state index in [4.69, 9.17) is 16.1 Å². The van der Waals surface area contributed by atoms with Crippen molar-refractivity contribution in [2.75, 3.05) is 7.05 Å².